The minimum atomic E-state index is -0.211. The molecule has 0 bridgehead atoms. The molecular weight excluding hydrogens is 388 g/mol. The van der Waals surface area contributed by atoms with Gasteiger partial charge in [0, 0.05) is 17.8 Å². The number of rotatable bonds is 5. The second-order valence-electron chi connectivity index (χ2n) is 7.71. The number of aromatic amines is 1. The third-order valence-electron chi connectivity index (χ3n) is 5.23. The number of halogens is 1. The van der Waals surface area contributed by atoms with Crippen LogP contribution >= 0.6 is 11.6 Å². The summed E-state index contributed by atoms with van der Waals surface area (Å²) >= 11 is 6.23. The summed E-state index contributed by atoms with van der Waals surface area (Å²) in [4.78, 5) is 20.7. The molecule has 0 fully saturated rings. The highest BCUT2D eigenvalue weighted by atomic mass is 35.5. The topological polar surface area (TPSA) is 71.4 Å². The number of fused-ring (bicyclic) bond motifs is 2. The number of aromatic nitrogens is 3. The lowest BCUT2D eigenvalue weighted by Crippen LogP contribution is -2.30. The van der Waals surface area contributed by atoms with Gasteiger partial charge in [0.2, 0.25) is 0 Å². The van der Waals surface area contributed by atoms with Crippen molar-refractivity contribution in [2.75, 3.05) is 12.4 Å². The number of benzene rings is 1. The van der Waals surface area contributed by atoms with E-state index in [4.69, 9.17) is 21.3 Å². The van der Waals surface area contributed by atoms with E-state index < -0.39 is 0 Å². The number of nitrogens with zero attached hydrogens (tertiary/aromatic N) is 2. The molecule has 29 heavy (non-hydrogen) atoms. The van der Waals surface area contributed by atoms with E-state index in [1.807, 2.05) is 40.9 Å². The number of methoxy groups -OCH3 is 1. The summed E-state index contributed by atoms with van der Waals surface area (Å²) in [6, 6.07) is 11.1. The summed E-state index contributed by atoms with van der Waals surface area (Å²) in [7, 11) is 1.60. The summed E-state index contributed by atoms with van der Waals surface area (Å²) in [5.74, 6) is 1.43. The van der Waals surface area contributed by atoms with Gasteiger partial charge in [0.15, 0.2) is 0 Å². The average molecular weight is 411 g/mol. The van der Waals surface area contributed by atoms with Crippen molar-refractivity contribution in [3.05, 3.63) is 58.0 Å². The Kier molecular flexibility index (Phi) is 4.74. The van der Waals surface area contributed by atoms with Gasteiger partial charge < -0.3 is 15.0 Å². The fourth-order valence-corrected chi connectivity index (χ4v) is 3.38. The zero-order chi connectivity index (χ0) is 20.8. The number of pyridine rings is 2. The summed E-state index contributed by atoms with van der Waals surface area (Å²) in [6.45, 7) is 6.33. The highest BCUT2D eigenvalue weighted by Gasteiger charge is 2.23. The van der Waals surface area contributed by atoms with Crippen molar-refractivity contribution in [1.82, 2.24) is 14.4 Å². The van der Waals surface area contributed by atoms with Crippen LogP contribution in [-0.4, -0.2) is 27.0 Å². The molecule has 150 valence electrons. The molecule has 0 atom stereocenters. The molecule has 0 saturated heterocycles. The molecule has 0 spiro atoms. The Balaban J connectivity index is 1.97. The van der Waals surface area contributed by atoms with Crippen molar-refractivity contribution in [2.45, 2.75) is 32.7 Å². The van der Waals surface area contributed by atoms with Gasteiger partial charge in [-0.15, -0.1) is 0 Å². The maximum absolute atomic E-state index is 13.0. The van der Waals surface area contributed by atoms with Crippen LogP contribution in [-0.2, 0) is 0 Å². The molecule has 4 aromatic rings. The predicted molar refractivity (Wildman–Crippen MR) is 118 cm³/mol. The highest BCUT2D eigenvalue weighted by Crippen LogP contribution is 2.32. The number of hydrogen-bond donors (Lipinski definition) is 2. The van der Waals surface area contributed by atoms with Gasteiger partial charge >= 0.3 is 0 Å². The van der Waals surface area contributed by atoms with E-state index in [0.29, 0.717) is 33.2 Å². The van der Waals surface area contributed by atoms with Crippen molar-refractivity contribution in [3.63, 3.8) is 0 Å². The molecule has 0 aliphatic carbocycles. The molecule has 2 N–H and O–H groups in total. The van der Waals surface area contributed by atoms with Crippen LogP contribution in [0.3, 0.4) is 0 Å². The molecule has 0 amide bonds. The Labute approximate surface area is 173 Å². The Morgan fingerprint density at radius 2 is 2.03 bits per heavy atom. The van der Waals surface area contributed by atoms with E-state index >= 15 is 0 Å². The molecule has 1 aromatic carbocycles. The van der Waals surface area contributed by atoms with Crippen LogP contribution in [0.15, 0.2) is 47.4 Å². The smallest absolute Gasteiger partial charge is 0.258 e. The first-order valence-corrected chi connectivity index (χ1v) is 9.86. The van der Waals surface area contributed by atoms with Crippen LogP contribution in [0.5, 0.6) is 5.75 Å². The molecule has 3 aromatic heterocycles. The van der Waals surface area contributed by atoms with E-state index in [-0.39, 0.29) is 11.1 Å². The van der Waals surface area contributed by atoms with Crippen LogP contribution in [0, 0.1) is 0 Å². The van der Waals surface area contributed by atoms with Crippen LogP contribution in [0.2, 0.25) is 5.02 Å². The average Bonchev–Trinajstić information content (AvgIpc) is 3.03. The van der Waals surface area contributed by atoms with Gasteiger partial charge in [-0.3, -0.25) is 9.20 Å². The van der Waals surface area contributed by atoms with Crippen molar-refractivity contribution < 1.29 is 4.74 Å². The van der Waals surface area contributed by atoms with Crippen LogP contribution in [0.1, 0.15) is 27.2 Å². The van der Waals surface area contributed by atoms with Gasteiger partial charge in [0.25, 0.3) is 5.56 Å². The Morgan fingerprint density at radius 1 is 1.24 bits per heavy atom. The van der Waals surface area contributed by atoms with Gasteiger partial charge in [-0.05, 0) is 56.0 Å². The number of imidazole rings is 1. The van der Waals surface area contributed by atoms with Crippen molar-refractivity contribution in [3.8, 4) is 17.0 Å². The first-order chi connectivity index (χ1) is 13.8. The third-order valence-corrected chi connectivity index (χ3v) is 5.45. The number of nitrogens with one attached hydrogen (secondary N) is 2. The zero-order valence-electron chi connectivity index (χ0n) is 16.8. The number of ether oxygens (including phenoxy) is 1. The lowest BCUT2D eigenvalue weighted by atomic mass is 10.0. The molecule has 6 nitrogen and oxygen atoms in total. The molecule has 0 unspecified atom stereocenters. The van der Waals surface area contributed by atoms with E-state index in [9.17, 15) is 4.79 Å². The molecule has 4 rings (SSSR count). The van der Waals surface area contributed by atoms with Crippen molar-refractivity contribution in [1.29, 1.82) is 0 Å². The van der Waals surface area contributed by atoms with Crippen LogP contribution < -0.4 is 15.6 Å². The predicted octanol–water partition coefficient (Wildman–Crippen LogP) is 5.11. The summed E-state index contributed by atoms with van der Waals surface area (Å²) in [5.41, 5.74) is 2.12. The van der Waals surface area contributed by atoms with E-state index in [0.717, 1.165) is 17.6 Å². The Bertz CT molecular complexity index is 1270. The summed E-state index contributed by atoms with van der Waals surface area (Å²) in [5, 5.41) is 5.04. The van der Waals surface area contributed by atoms with Crippen molar-refractivity contribution in [2.24, 2.45) is 0 Å². The molecule has 0 saturated carbocycles. The summed E-state index contributed by atoms with van der Waals surface area (Å²) in [6.07, 6.45) is 2.70. The molecule has 3 heterocycles. The monoisotopic (exact) mass is 410 g/mol. The molecule has 7 heteroatoms. The van der Waals surface area contributed by atoms with Gasteiger partial charge in [-0.1, -0.05) is 18.5 Å². The lowest BCUT2D eigenvalue weighted by molar-refractivity contribution is 0.415. The largest absolute Gasteiger partial charge is 0.497 e. The normalized spacial score (nSPS) is 11.9. The second-order valence-corrected chi connectivity index (χ2v) is 8.15. The number of anilines is 1. The molecule has 0 radical (unpaired) electrons. The van der Waals surface area contributed by atoms with Crippen LogP contribution in [0.25, 0.3) is 27.8 Å². The zero-order valence-corrected chi connectivity index (χ0v) is 17.6. The number of H-pyrrole nitrogens is 1. The standard InChI is InChI=1S/C22H23ClN4O2/c1-5-22(2,3)26-20-19(25-18-9-7-14(23)12-27(18)20)16-10-13-6-8-15(29-4)11-17(13)24-21(16)28/h6-12,26H,5H2,1-4H3,(H,24,28). The SMILES string of the molecule is CCC(C)(C)Nc1c(-c2cc3ccc(OC)cc3[nH]c2=O)nc2ccc(Cl)cn12. The minimum absolute atomic E-state index is 0.190. The van der Waals surface area contributed by atoms with E-state index in [1.165, 1.54) is 0 Å². The number of hydrogen-bond acceptors (Lipinski definition) is 4. The fraction of sp³-hybridized carbons (Fsp3) is 0.273. The molecule has 0 aliphatic rings. The van der Waals surface area contributed by atoms with Crippen LogP contribution in [0.4, 0.5) is 5.82 Å². The van der Waals surface area contributed by atoms with Gasteiger partial charge in [-0.2, -0.15) is 0 Å². The highest BCUT2D eigenvalue weighted by molar-refractivity contribution is 6.30. The minimum Gasteiger partial charge on any atom is -0.497 e. The first kappa shape index (κ1) is 19.3. The first-order valence-electron chi connectivity index (χ1n) is 9.48. The van der Waals surface area contributed by atoms with Gasteiger partial charge in [-0.25, -0.2) is 4.98 Å². The van der Waals surface area contributed by atoms with E-state index in [2.05, 4.69) is 31.1 Å². The van der Waals surface area contributed by atoms with Crippen molar-refractivity contribution >= 4 is 34.0 Å². The Hall–Kier alpha value is -2.99. The van der Waals surface area contributed by atoms with Gasteiger partial charge in [0.1, 0.15) is 22.9 Å². The second kappa shape index (κ2) is 7.12. The quantitative estimate of drug-likeness (QED) is 0.479. The van der Waals surface area contributed by atoms with Gasteiger partial charge in [0.05, 0.1) is 23.2 Å². The summed E-state index contributed by atoms with van der Waals surface area (Å²) < 4.78 is 7.15. The maximum Gasteiger partial charge on any atom is 0.258 e. The maximum atomic E-state index is 13.0. The fourth-order valence-electron chi connectivity index (χ4n) is 3.22. The van der Waals surface area contributed by atoms with E-state index in [1.54, 1.807) is 13.2 Å². The third kappa shape index (κ3) is 3.56. The lowest BCUT2D eigenvalue weighted by Gasteiger charge is -2.26. The molecule has 0 aliphatic heterocycles. The molecular formula is C22H23ClN4O2. The Morgan fingerprint density at radius 3 is 2.76 bits per heavy atom.